The van der Waals surface area contributed by atoms with E-state index in [2.05, 4.69) is 5.10 Å². The van der Waals surface area contributed by atoms with Crippen molar-refractivity contribution in [1.82, 2.24) is 9.78 Å². The number of rotatable bonds is 7. The summed E-state index contributed by atoms with van der Waals surface area (Å²) in [5.74, 6) is -3.44. The number of nitrogens with zero attached hydrogens (tertiary/aromatic N) is 2. The lowest BCUT2D eigenvalue weighted by Crippen LogP contribution is -2.21. The number of carboxylic acid groups (broad SMARTS) is 1. The number of aromatic nitrogens is 2. The van der Waals surface area contributed by atoms with Gasteiger partial charge in [-0.25, -0.2) is 14.0 Å². The van der Waals surface area contributed by atoms with Gasteiger partial charge in [-0.15, -0.1) is 0 Å². The van der Waals surface area contributed by atoms with Crippen molar-refractivity contribution < 1.29 is 37.0 Å². The number of benzene rings is 1. The zero-order valence-corrected chi connectivity index (χ0v) is 16.5. The Bertz CT molecular complexity index is 849. The van der Waals surface area contributed by atoms with Crippen LogP contribution in [0, 0.1) is 5.82 Å². The van der Waals surface area contributed by atoms with Gasteiger partial charge in [-0.3, -0.25) is 4.68 Å². The van der Waals surface area contributed by atoms with E-state index >= 15 is 0 Å². The van der Waals surface area contributed by atoms with Crippen molar-refractivity contribution in [2.24, 2.45) is 5.73 Å². The molecular formula is C19H23F4N3O4. The Morgan fingerprint density at radius 2 is 1.77 bits per heavy atom. The molecule has 0 atom stereocenters. The van der Waals surface area contributed by atoms with Crippen LogP contribution in [-0.2, 0) is 28.9 Å². The van der Waals surface area contributed by atoms with Gasteiger partial charge in [0, 0.05) is 18.5 Å². The van der Waals surface area contributed by atoms with Crippen LogP contribution in [0.3, 0.4) is 0 Å². The fourth-order valence-electron chi connectivity index (χ4n) is 2.54. The Morgan fingerprint density at radius 1 is 1.20 bits per heavy atom. The Kier molecular flexibility index (Phi) is 9.44. The maximum Gasteiger partial charge on any atom is 0.490 e. The SMILES string of the molecule is CCOC(=O)c1c(Cc2ccc(F)cc2)c(CC)nn1CCN.O=C(O)C(F)(F)F. The molecule has 0 amide bonds. The Labute approximate surface area is 170 Å². The molecule has 166 valence electrons. The highest BCUT2D eigenvalue weighted by Gasteiger charge is 2.38. The van der Waals surface area contributed by atoms with Crippen LogP contribution < -0.4 is 5.73 Å². The fraction of sp³-hybridized carbons (Fsp3) is 0.421. The first kappa shape index (κ1) is 25.1. The van der Waals surface area contributed by atoms with E-state index in [1.807, 2.05) is 6.92 Å². The smallest absolute Gasteiger partial charge is 0.475 e. The van der Waals surface area contributed by atoms with Crippen LogP contribution >= 0.6 is 0 Å². The molecule has 2 rings (SSSR count). The van der Waals surface area contributed by atoms with Gasteiger partial charge in [0.15, 0.2) is 0 Å². The van der Waals surface area contributed by atoms with E-state index in [4.69, 9.17) is 20.4 Å². The maximum atomic E-state index is 13.1. The molecule has 1 heterocycles. The number of carboxylic acids is 1. The van der Waals surface area contributed by atoms with E-state index in [-0.39, 0.29) is 5.82 Å². The van der Waals surface area contributed by atoms with E-state index in [0.717, 1.165) is 16.8 Å². The van der Waals surface area contributed by atoms with Crippen LogP contribution in [0.1, 0.15) is 41.2 Å². The van der Waals surface area contributed by atoms with Gasteiger partial charge in [0.2, 0.25) is 0 Å². The van der Waals surface area contributed by atoms with E-state index < -0.39 is 18.1 Å². The van der Waals surface area contributed by atoms with E-state index in [0.29, 0.717) is 38.2 Å². The van der Waals surface area contributed by atoms with Gasteiger partial charge >= 0.3 is 18.1 Å². The molecule has 0 bridgehead atoms. The molecule has 0 saturated carbocycles. The fourth-order valence-corrected chi connectivity index (χ4v) is 2.54. The van der Waals surface area contributed by atoms with Gasteiger partial charge in [-0.05, 0) is 31.0 Å². The number of hydrogen-bond donors (Lipinski definition) is 2. The molecule has 30 heavy (non-hydrogen) atoms. The number of ether oxygens (including phenoxy) is 1. The average Bonchev–Trinajstić information content (AvgIpc) is 3.01. The highest BCUT2D eigenvalue weighted by Crippen LogP contribution is 2.21. The second-order valence-corrected chi connectivity index (χ2v) is 5.97. The summed E-state index contributed by atoms with van der Waals surface area (Å²) >= 11 is 0. The van der Waals surface area contributed by atoms with Crippen LogP contribution in [0.2, 0.25) is 0 Å². The molecule has 0 aliphatic rings. The van der Waals surface area contributed by atoms with Crippen LogP contribution in [0.4, 0.5) is 17.6 Å². The number of esters is 1. The number of nitrogens with two attached hydrogens (primary N) is 1. The summed E-state index contributed by atoms with van der Waals surface area (Å²) < 4.78 is 51.6. The predicted octanol–water partition coefficient (Wildman–Crippen LogP) is 2.94. The molecule has 0 unspecified atom stereocenters. The lowest BCUT2D eigenvalue weighted by Gasteiger charge is -2.08. The number of aliphatic carboxylic acids is 1. The molecule has 0 aliphatic heterocycles. The highest BCUT2D eigenvalue weighted by molar-refractivity contribution is 5.89. The van der Waals surface area contributed by atoms with Crippen molar-refractivity contribution in [3.8, 4) is 0 Å². The standard InChI is InChI=1S/C17H22FN3O2.C2HF3O2/c1-3-15-14(11-12-5-7-13(18)8-6-12)16(17(22)23-4-2)21(20-15)10-9-19;3-2(4,5)1(6)7/h5-8H,3-4,9-11,19H2,1-2H3;(H,6,7). The molecule has 0 aliphatic carbocycles. The van der Waals surface area contributed by atoms with Crippen LogP contribution in [-0.4, -0.2) is 46.2 Å². The summed E-state index contributed by atoms with van der Waals surface area (Å²) in [6.07, 6.45) is -3.89. The first-order chi connectivity index (χ1) is 14.0. The summed E-state index contributed by atoms with van der Waals surface area (Å²) in [7, 11) is 0. The van der Waals surface area contributed by atoms with Crippen LogP contribution in [0.15, 0.2) is 24.3 Å². The number of alkyl halides is 3. The van der Waals surface area contributed by atoms with Crippen molar-refractivity contribution in [1.29, 1.82) is 0 Å². The Morgan fingerprint density at radius 3 is 2.20 bits per heavy atom. The predicted molar refractivity (Wildman–Crippen MR) is 99.5 cm³/mol. The molecule has 3 N–H and O–H groups in total. The summed E-state index contributed by atoms with van der Waals surface area (Å²) in [6, 6.07) is 6.25. The molecule has 2 aromatic rings. The quantitative estimate of drug-likeness (QED) is 0.514. The van der Waals surface area contributed by atoms with Gasteiger partial charge in [-0.2, -0.15) is 18.3 Å². The summed E-state index contributed by atoms with van der Waals surface area (Å²) in [4.78, 5) is 21.2. The Hall–Kier alpha value is -2.95. The van der Waals surface area contributed by atoms with Crippen LogP contribution in [0.5, 0.6) is 0 Å². The van der Waals surface area contributed by atoms with E-state index in [1.54, 1.807) is 23.7 Å². The minimum atomic E-state index is -5.08. The van der Waals surface area contributed by atoms with Gasteiger partial charge in [-0.1, -0.05) is 19.1 Å². The molecule has 7 nitrogen and oxygen atoms in total. The number of aryl methyl sites for hydroxylation is 1. The number of carbonyl (C=O) groups excluding carboxylic acids is 1. The monoisotopic (exact) mass is 433 g/mol. The highest BCUT2D eigenvalue weighted by atomic mass is 19.4. The average molecular weight is 433 g/mol. The third-order valence-electron chi connectivity index (χ3n) is 3.81. The second-order valence-electron chi connectivity index (χ2n) is 5.97. The first-order valence-corrected chi connectivity index (χ1v) is 9.05. The van der Waals surface area contributed by atoms with Crippen LogP contribution in [0.25, 0.3) is 0 Å². The maximum absolute atomic E-state index is 13.1. The lowest BCUT2D eigenvalue weighted by molar-refractivity contribution is -0.192. The number of halogens is 4. The van der Waals surface area contributed by atoms with Gasteiger partial charge in [0.1, 0.15) is 11.5 Å². The van der Waals surface area contributed by atoms with Gasteiger partial charge < -0.3 is 15.6 Å². The lowest BCUT2D eigenvalue weighted by atomic mass is 10.0. The van der Waals surface area contributed by atoms with Crippen molar-refractivity contribution in [2.75, 3.05) is 13.2 Å². The van der Waals surface area contributed by atoms with Crippen molar-refractivity contribution in [3.63, 3.8) is 0 Å². The minimum absolute atomic E-state index is 0.283. The Balaban J connectivity index is 0.000000553. The van der Waals surface area contributed by atoms with Crippen molar-refractivity contribution >= 4 is 11.9 Å². The molecular weight excluding hydrogens is 410 g/mol. The first-order valence-electron chi connectivity index (χ1n) is 9.05. The number of hydrogen-bond acceptors (Lipinski definition) is 5. The van der Waals surface area contributed by atoms with E-state index in [1.165, 1.54) is 12.1 Å². The zero-order chi connectivity index (χ0) is 22.9. The minimum Gasteiger partial charge on any atom is -0.475 e. The summed E-state index contributed by atoms with van der Waals surface area (Å²) in [5, 5.41) is 11.6. The van der Waals surface area contributed by atoms with Crippen molar-refractivity contribution in [2.45, 2.75) is 39.4 Å². The normalized spacial score (nSPS) is 10.9. The van der Waals surface area contributed by atoms with E-state index in [9.17, 15) is 22.4 Å². The second kappa shape index (κ2) is 11.3. The van der Waals surface area contributed by atoms with Gasteiger partial charge in [0.25, 0.3) is 0 Å². The third-order valence-corrected chi connectivity index (χ3v) is 3.81. The molecule has 0 fully saturated rings. The topological polar surface area (TPSA) is 107 Å². The summed E-state index contributed by atoms with van der Waals surface area (Å²) in [5.41, 5.74) is 8.64. The largest absolute Gasteiger partial charge is 0.490 e. The molecule has 11 heteroatoms. The van der Waals surface area contributed by atoms with Crippen molar-refractivity contribution in [3.05, 3.63) is 52.6 Å². The molecule has 1 aromatic heterocycles. The van der Waals surface area contributed by atoms with Gasteiger partial charge in [0.05, 0.1) is 18.8 Å². The third kappa shape index (κ3) is 7.14. The molecule has 0 spiro atoms. The molecule has 0 saturated heterocycles. The molecule has 0 radical (unpaired) electrons. The summed E-state index contributed by atoms with van der Waals surface area (Å²) in [6.45, 7) is 4.88. The number of carbonyl (C=O) groups is 2. The zero-order valence-electron chi connectivity index (χ0n) is 16.5. The molecule has 1 aromatic carbocycles.